The molecule has 1 N–H and O–H groups in total. The maximum absolute atomic E-state index is 11.6. The van der Waals surface area contributed by atoms with Crippen molar-refractivity contribution in [2.75, 3.05) is 13.1 Å². The van der Waals surface area contributed by atoms with Crippen molar-refractivity contribution in [3.05, 3.63) is 12.2 Å². The number of carboxylic acids is 1. The molecule has 1 saturated heterocycles. The van der Waals surface area contributed by atoms with Crippen LogP contribution in [0.5, 0.6) is 0 Å². The highest BCUT2D eigenvalue weighted by Gasteiger charge is 2.33. The lowest BCUT2D eigenvalue weighted by atomic mass is 10.1. The number of amides is 1. The number of hydrogen-bond acceptors (Lipinski definition) is 4. The molecule has 0 unspecified atom stereocenters. The summed E-state index contributed by atoms with van der Waals surface area (Å²) in [6.45, 7) is 3.58. The summed E-state index contributed by atoms with van der Waals surface area (Å²) in [5.41, 5.74) is 0. The van der Waals surface area contributed by atoms with Gasteiger partial charge in [0.25, 0.3) is 0 Å². The van der Waals surface area contributed by atoms with Crippen molar-refractivity contribution in [2.24, 2.45) is 5.92 Å². The summed E-state index contributed by atoms with van der Waals surface area (Å²) in [4.78, 5) is 24.0. The fraction of sp³-hybridized carbons (Fsp3) is 0.636. The number of nitrogens with zero attached hydrogens (tertiary/aromatic N) is 4. The maximum atomic E-state index is 11.6. The molecule has 1 aliphatic rings. The predicted octanol–water partition coefficient (Wildman–Crippen LogP) is -0.226. The SMILES string of the molecule is CCn1cnnc1CCN1C[C@@H](C(=O)O)CC1=O. The van der Waals surface area contributed by atoms with E-state index in [2.05, 4.69) is 10.2 Å². The number of hydrogen-bond donors (Lipinski definition) is 1. The van der Waals surface area contributed by atoms with Gasteiger partial charge in [-0.15, -0.1) is 10.2 Å². The number of carboxylic acid groups (broad SMARTS) is 1. The molecule has 1 amide bonds. The van der Waals surface area contributed by atoms with Gasteiger partial charge in [0.15, 0.2) is 0 Å². The minimum atomic E-state index is -0.900. The molecule has 0 saturated carbocycles. The van der Waals surface area contributed by atoms with Gasteiger partial charge in [-0.2, -0.15) is 0 Å². The Bertz CT molecular complexity index is 457. The van der Waals surface area contributed by atoms with Crippen LogP contribution in [-0.4, -0.2) is 49.7 Å². The van der Waals surface area contributed by atoms with Crippen molar-refractivity contribution >= 4 is 11.9 Å². The van der Waals surface area contributed by atoms with Gasteiger partial charge < -0.3 is 14.6 Å². The fourth-order valence-electron chi connectivity index (χ4n) is 2.13. The molecule has 7 heteroatoms. The Morgan fingerprint density at radius 3 is 3.00 bits per heavy atom. The van der Waals surface area contributed by atoms with Crippen LogP contribution in [0.1, 0.15) is 19.2 Å². The van der Waals surface area contributed by atoms with Crippen molar-refractivity contribution in [1.82, 2.24) is 19.7 Å². The zero-order chi connectivity index (χ0) is 13.1. The molecule has 1 aliphatic heterocycles. The van der Waals surface area contributed by atoms with Crippen LogP contribution < -0.4 is 0 Å². The number of rotatable bonds is 5. The van der Waals surface area contributed by atoms with Crippen LogP contribution in [0.25, 0.3) is 0 Å². The molecule has 0 radical (unpaired) electrons. The van der Waals surface area contributed by atoms with E-state index in [0.717, 1.165) is 12.4 Å². The summed E-state index contributed by atoms with van der Waals surface area (Å²) in [7, 11) is 0. The number of aliphatic carboxylic acids is 1. The van der Waals surface area contributed by atoms with Crippen LogP contribution >= 0.6 is 0 Å². The van der Waals surface area contributed by atoms with Crippen LogP contribution in [-0.2, 0) is 22.6 Å². The van der Waals surface area contributed by atoms with E-state index in [1.165, 1.54) is 0 Å². The van der Waals surface area contributed by atoms with Gasteiger partial charge in [0.05, 0.1) is 5.92 Å². The van der Waals surface area contributed by atoms with Gasteiger partial charge in [-0.1, -0.05) is 0 Å². The van der Waals surface area contributed by atoms with Gasteiger partial charge >= 0.3 is 5.97 Å². The third-order valence-corrected chi connectivity index (χ3v) is 3.21. The van der Waals surface area contributed by atoms with E-state index in [-0.39, 0.29) is 12.3 Å². The normalized spacial score (nSPS) is 19.5. The number of likely N-dealkylation sites (tertiary alicyclic amines) is 1. The van der Waals surface area contributed by atoms with Crippen LogP contribution in [0.3, 0.4) is 0 Å². The van der Waals surface area contributed by atoms with E-state index in [1.807, 2.05) is 11.5 Å². The summed E-state index contributed by atoms with van der Waals surface area (Å²) in [5.74, 6) is -0.738. The summed E-state index contributed by atoms with van der Waals surface area (Å²) in [6.07, 6.45) is 2.36. The van der Waals surface area contributed by atoms with E-state index >= 15 is 0 Å². The predicted molar refractivity (Wildman–Crippen MR) is 61.7 cm³/mol. The standard InChI is InChI=1S/C11H16N4O3/c1-2-14-7-12-13-9(14)3-4-15-6-8(11(17)18)5-10(15)16/h7-8H,2-6H2,1H3,(H,17,18)/t8-/m0/s1. The van der Waals surface area contributed by atoms with Crippen LogP contribution in [0.15, 0.2) is 6.33 Å². The highest BCUT2D eigenvalue weighted by Crippen LogP contribution is 2.18. The topological polar surface area (TPSA) is 88.3 Å². The first kappa shape index (κ1) is 12.5. The highest BCUT2D eigenvalue weighted by atomic mass is 16.4. The third-order valence-electron chi connectivity index (χ3n) is 3.21. The number of aryl methyl sites for hydroxylation is 1. The molecule has 0 aromatic carbocycles. The fourth-order valence-corrected chi connectivity index (χ4v) is 2.13. The van der Waals surface area contributed by atoms with Gasteiger partial charge in [-0.3, -0.25) is 9.59 Å². The molecule has 1 atom stereocenters. The van der Waals surface area contributed by atoms with Crippen LogP contribution in [0, 0.1) is 5.92 Å². The lowest BCUT2D eigenvalue weighted by Crippen LogP contribution is -2.29. The van der Waals surface area contributed by atoms with Crippen molar-refractivity contribution in [3.63, 3.8) is 0 Å². The van der Waals surface area contributed by atoms with Crippen molar-refractivity contribution in [1.29, 1.82) is 0 Å². The van der Waals surface area contributed by atoms with E-state index in [1.54, 1.807) is 11.2 Å². The van der Waals surface area contributed by atoms with Gasteiger partial charge in [0.1, 0.15) is 12.2 Å². The number of carbonyl (C=O) groups is 2. The molecule has 7 nitrogen and oxygen atoms in total. The van der Waals surface area contributed by atoms with E-state index < -0.39 is 11.9 Å². The van der Waals surface area contributed by atoms with Crippen LogP contribution in [0.4, 0.5) is 0 Å². The van der Waals surface area contributed by atoms with Gasteiger partial charge in [0.2, 0.25) is 5.91 Å². The molecule has 18 heavy (non-hydrogen) atoms. The first-order chi connectivity index (χ1) is 8.61. The largest absolute Gasteiger partial charge is 0.481 e. The molecule has 1 aromatic rings. The molecule has 1 fully saturated rings. The van der Waals surface area contributed by atoms with Crippen LogP contribution in [0.2, 0.25) is 0 Å². The van der Waals surface area contributed by atoms with E-state index in [0.29, 0.717) is 19.5 Å². The molecular weight excluding hydrogens is 236 g/mol. The summed E-state index contributed by atoms with van der Waals surface area (Å²) < 4.78 is 1.91. The summed E-state index contributed by atoms with van der Waals surface area (Å²) in [5, 5.41) is 16.7. The average molecular weight is 252 g/mol. The minimum Gasteiger partial charge on any atom is -0.481 e. The number of aromatic nitrogens is 3. The van der Waals surface area contributed by atoms with E-state index in [9.17, 15) is 9.59 Å². The van der Waals surface area contributed by atoms with Crippen molar-refractivity contribution in [3.8, 4) is 0 Å². The lowest BCUT2D eigenvalue weighted by Gasteiger charge is -2.15. The molecule has 2 heterocycles. The zero-order valence-electron chi connectivity index (χ0n) is 10.2. The first-order valence-electron chi connectivity index (χ1n) is 5.99. The smallest absolute Gasteiger partial charge is 0.308 e. The molecule has 0 bridgehead atoms. The summed E-state index contributed by atoms with van der Waals surface area (Å²) in [6, 6.07) is 0. The second-order valence-corrected chi connectivity index (χ2v) is 4.36. The Balaban J connectivity index is 1.91. The Kier molecular flexibility index (Phi) is 3.59. The van der Waals surface area contributed by atoms with E-state index in [4.69, 9.17) is 5.11 Å². The molecule has 0 spiro atoms. The van der Waals surface area contributed by atoms with Gasteiger partial charge in [0, 0.05) is 32.5 Å². The second-order valence-electron chi connectivity index (χ2n) is 4.36. The molecule has 98 valence electrons. The Morgan fingerprint density at radius 1 is 1.61 bits per heavy atom. The maximum Gasteiger partial charge on any atom is 0.308 e. The second kappa shape index (κ2) is 5.16. The molecule has 0 aliphatic carbocycles. The summed E-state index contributed by atoms with van der Waals surface area (Å²) >= 11 is 0. The zero-order valence-corrected chi connectivity index (χ0v) is 10.2. The Morgan fingerprint density at radius 2 is 2.39 bits per heavy atom. The highest BCUT2D eigenvalue weighted by molar-refractivity contribution is 5.86. The molecule has 2 rings (SSSR count). The van der Waals surface area contributed by atoms with Crippen molar-refractivity contribution in [2.45, 2.75) is 26.3 Å². The molecular formula is C11H16N4O3. The minimum absolute atomic E-state index is 0.0926. The lowest BCUT2D eigenvalue weighted by molar-refractivity contribution is -0.141. The monoisotopic (exact) mass is 252 g/mol. The first-order valence-corrected chi connectivity index (χ1v) is 5.99. The van der Waals surface area contributed by atoms with Gasteiger partial charge in [-0.05, 0) is 6.92 Å². The average Bonchev–Trinajstić information content (AvgIpc) is 2.92. The van der Waals surface area contributed by atoms with Gasteiger partial charge in [-0.25, -0.2) is 0 Å². The Hall–Kier alpha value is -1.92. The van der Waals surface area contributed by atoms with Crippen molar-refractivity contribution < 1.29 is 14.7 Å². The quantitative estimate of drug-likeness (QED) is 0.782. The Labute approximate surface area is 104 Å². The molecule has 1 aromatic heterocycles. The third kappa shape index (κ3) is 2.49. The number of carbonyl (C=O) groups excluding carboxylic acids is 1.